The molecule has 3 heterocycles. The Morgan fingerprint density at radius 1 is 0.756 bits per heavy atom. The molecule has 3 aromatic heterocycles. The summed E-state index contributed by atoms with van der Waals surface area (Å²) in [4.78, 5) is 54.6. The number of aromatic amines is 2. The van der Waals surface area contributed by atoms with Crippen LogP contribution in [0.1, 0.15) is 0 Å². The van der Waals surface area contributed by atoms with Crippen molar-refractivity contribution < 1.29 is 70.2 Å². The molecule has 0 saturated carbocycles. The smallest absolute Gasteiger partial charge is 0.632 e. The molecule has 13 nitrogen and oxygen atoms in total. The number of nitrogens with zero attached hydrogens (tertiary/aromatic N) is 2. The Labute approximate surface area is 283 Å². The molecule has 226 valence electrons. The van der Waals surface area contributed by atoms with Crippen LogP contribution in [-0.4, -0.2) is 58.4 Å². The Morgan fingerprint density at radius 2 is 1.22 bits per heavy atom. The van der Waals surface area contributed by atoms with Crippen molar-refractivity contribution in [2.24, 2.45) is 0 Å². The van der Waals surface area contributed by atoms with Crippen molar-refractivity contribution in [3.63, 3.8) is 0 Å². The molecule has 6 rings (SSSR count). The summed E-state index contributed by atoms with van der Waals surface area (Å²) in [7, 11) is 2.10. The molecule has 4 N–H and O–H groups in total. The van der Waals surface area contributed by atoms with Crippen LogP contribution in [0, 0.1) is 0 Å². The van der Waals surface area contributed by atoms with E-state index in [4.69, 9.17) is 15.9 Å². The Kier molecular flexibility index (Phi) is 14.5. The van der Waals surface area contributed by atoms with Crippen LogP contribution in [0.5, 0.6) is 0 Å². The summed E-state index contributed by atoms with van der Waals surface area (Å²) in [5.74, 6) is 0. The molecule has 2 atom stereocenters. The van der Waals surface area contributed by atoms with E-state index >= 15 is 0 Å². The molecule has 0 aliphatic carbocycles. The van der Waals surface area contributed by atoms with Crippen LogP contribution in [0.4, 0.5) is 9.59 Å². The maximum atomic E-state index is 10.6. The first-order valence-corrected chi connectivity index (χ1v) is 14.1. The number of benzene rings is 3. The molecule has 6 aromatic rings. The number of imidazole rings is 2. The van der Waals surface area contributed by atoms with Gasteiger partial charge in [-0.2, -0.15) is 17.2 Å². The Balaban J connectivity index is 0.000000516. The first-order chi connectivity index (χ1) is 20.8. The van der Waals surface area contributed by atoms with Crippen molar-refractivity contribution in [1.29, 1.82) is 0 Å². The molecule has 17 heteroatoms. The van der Waals surface area contributed by atoms with Gasteiger partial charge in [0.05, 0.1) is 49.1 Å². The number of H-pyrrole nitrogens is 2. The van der Waals surface area contributed by atoms with Gasteiger partial charge in [0.25, 0.3) is 0 Å². The van der Waals surface area contributed by atoms with Crippen LogP contribution in [0.15, 0.2) is 65.3 Å². The van der Waals surface area contributed by atoms with Gasteiger partial charge in [0, 0.05) is 27.3 Å². The molecule has 0 bridgehead atoms. The van der Waals surface area contributed by atoms with Gasteiger partial charge in [-0.25, -0.2) is 22.0 Å². The Bertz CT molecular complexity index is 1930. The molecular formula is C28H22N6O7P2V2. The maximum absolute atomic E-state index is 10.6. The predicted molar refractivity (Wildman–Crippen MR) is 167 cm³/mol. The van der Waals surface area contributed by atoms with Gasteiger partial charge in [-0.1, -0.05) is 18.2 Å². The number of hydrogen-bond donors (Lipinski definition) is 2. The average Bonchev–Trinajstić information content (AvgIpc) is 3.76. The third-order valence-electron chi connectivity index (χ3n) is 5.94. The molecule has 0 spiro atoms. The van der Waals surface area contributed by atoms with Crippen LogP contribution in [0.2, 0.25) is 0 Å². The fraction of sp³-hybridized carbons (Fsp3) is 0.0714. The van der Waals surface area contributed by atoms with Crippen molar-refractivity contribution in [1.82, 2.24) is 19.9 Å². The number of carbonyl (C=O) groups is 2. The Morgan fingerprint density at radius 3 is 1.71 bits per heavy atom. The van der Waals surface area contributed by atoms with Crippen molar-refractivity contribution >= 4 is 85.2 Å². The van der Waals surface area contributed by atoms with Gasteiger partial charge >= 0.3 is 37.1 Å². The molecular weight excluding hydrogens is 696 g/mol. The number of rotatable bonds is 6. The van der Waals surface area contributed by atoms with Gasteiger partial charge in [0.15, 0.2) is 0 Å². The minimum Gasteiger partial charge on any atom is -0.632 e. The number of amides is 2. The first-order valence-electron chi connectivity index (χ1n) is 12.1. The third kappa shape index (κ3) is 9.28. The summed E-state index contributed by atoms with van der Waals surface area (Å²) in [5, 5.41) is 4.14. The molecule has 0 saturated heterocycles. The zero-order chi connectivity index (χ0) is 30.9. The van der Waals surface area contributed by atoms with Gasteiger partial charge in [-0.05, 0) is 35.7 Å². The van der Waals surface area contributed by atoms with E-state index in [1.165, 1.54) is 0 Å². The number of hydrogen-bond acceptors (Lipinski definition) is 9. The van der Waals surface area contributed by atoms with Gasteiger partial charge in [0.1, 0.15) is 11.2 Å². The van der Waals surface area contributed by atoms with E-state index in [1.807, 2.05) is 42.4 Å². The van der Waals surface area contributed by atoms with Gasteiger partial charge in [-0.15, -0.1) is 0 Å². The van der Waals surface area contributed by atoms with Crippen molar-refractivity contribution in [2.45, 2.75) is 0 Å². The van der Waals surface area contributed by atoms with Crippen molar-refractivity contribution in [3.05, 3.63) is 72.4 Å². The second-order valence-corrected chi connectivity index (χ2v) is 10.3. The molecule has 2 unspecified atom stereocenters. The fourth-order valence-corrected chi connectivity index (χ4v) is 4.90. The normalized spacial score (nSPS) is 10.4. The average molecular weight is 718 g/mol. The van der Waals surface area contributed by atoms with Crippen LogP contribution in [0.3, 0.4) is 0 Å². The van der Waals surface area contributed by atoms with Crippen LogP contribution >= 0.6 is 17.2 Å². The number of aromatic nitrogens is 4. The summed E-state index contributed by atoms with van der Waals surface area (Å²) >= 11 is 0. The summed E-state index contributed by atoms with van der Waals surface area (Å²) < 4.78 is 13.9. The van der Waals surface area contributed by atoms with Crippen LogP contribution in [0.25, 0.3) is 66.7 Å². The van der Waals surface area contributed by atoms with E-state index < -0.39 is 12.2 Å². The van der Waals surface area contributed by atoms with Gasteiger partial charge in [0.2, 0.25) is 12.2 Å². The number of nitrogens with one attached hydrogen (secondary N) is 4. The number of ether oxygens (including phenoxy) is 2. The number of furan rings is 1. The number of fused-ring (bicyclic) bond motifs is 5. The quantitative estimate of drug-likeness (QED) is 0.156. The van der Waals surface area contributed by atoms with E-state index in [1.54, 1.807) is 12.4 Å². The molecule has 0 fully saturated rings. The molecule has 3 aromatic carbocycles. The first kappa shape index (κ1) is 37.2. The summed E-state index contributed by atoms with van der Waals surface area (Å²) in [5.41, 5.74) is 18.4. The standard InChI is InChI=1S/C24H14N4O3P2.2C2H5NO2.2V/c29-11-32-23-25-9-19(27-23)14-2-4-16-13(7-14)1-6-18-17-5-3-15(8-21(17)31-22(16)18)20-10-26-24(28-20)33-12-30;2*1-5-2(3)4;;/h1-10,32-33H,(H,25,27)(H,26,28);2*1H3,(H2,3,4);;/q-2;;;2*+2/p-2. The fourth-order valence-electron chi connectivity index (χ4n) is 4.06. The molecule has 2 amide bonds. The van der Waals surface area contributed by atoms with Crippen LogP contribution < -0.4 is 11.1 Å². The molecule has 45 heavy (non-hydrogen) atoms. The molecule has 2 radical (unpaired) electrons. The zero-order valence-electron chi connectivity index (χ0n) is 23.4. The second kappa shape index (κ2) is 17.5. The number of carbonyl (C=O) groups excluding carboxylic acids is 4. The number of methoxy groups -OCH3 is 2. The minimum absolute atomic E-state index is 0. The third-order valence-corrected chi connectivity index (χ3v) is 7.12. The van der Waals surface area contributed by atoms with Crippen molar-refractivity contribution in [2.75, 3.05) is 14.2 Å². The topological polar surface area (TPSA) is 205 Å². The molecule has 0 aliphatic rings. The van der Waals surface area contributed by atoms with Crippen LogP contribution in [-0.2, 0) is 56.2 Å². The van der Waals surface area contributed by atoms with E-state index in [0.29, 0.717) is 11.1 Å². The van der Waals surface area contributed by atoms with Gasteiger partial charge in [-0.3, -0.25) is 9.59 Å². The predicted octanol–water partition coefficient (Wildman–Crippen LogP) is 5.87. The minimum atomic E-state index is -0.995. The van der Waals surface area contributed by atoms with E-state index in [-0.39, 0.29) is 54.3 Å². The Hall–Kier alpha value is -3.95. The summed E-state index contributed by atoms with van der Waals surface area (Å²) in [6.07, 6.45) is 1.46. The van der Waals surface area contributed by atoms with Crippen molar-refractivity contribution in [3.8, 4) is 22.5 Å². The summed E-state index contributed by atoms with van der Waals surface area (Å²) in [6.45, 7) is 0. The van der Waals surface area contributed by atoms with E-state index in [9.17, 15) is 19.2 Å². The second-order valence-electron chi connectivity index (χ2n) is 8.42. The monoisotopic (exact) mass is 718 g/mol. The zero-order valence-corrected chi connectivity index (χ0v) is 28.2. The van der Waals surface area contributed by atoms with Gasteiger partial charge < -0.3 is 44.9 Å². The maximum Gasteiger partial charge on any atom is 2.00 e. The van der Waals surface area contributed by atoms with E-state index in [2.05, 4.69) is 47.6 Å². The largest absolute Gasteiger partial charge is 2.00 e. The summed E-state index contributed by atoms with van der Waals surface area (Å²) in [6, 6.07) is 20.1. The van der Waals surface area contributed by atoms with E-state index in [0.717, 1.165) is 69.4 Å². The SMILES string of the molecule is COC([NH-])=O.COC([NH-])=O.O=[C-]Pc1ncc(-c2ccc3c(ccc4c5ccc(-c6cnc(P[C-]=O)[nH]6)cc5oc34)c2)[nH]1.[V+2].[V+2]. The molecule has 0 aliphatic heterocycles.